The predicted molar refractivity (Wildman–Crippen MR) is 86.7 cm³/mol. The fourth-order valence-corrected chi connectivity index (χ4v) is 4.11. The van der Waals surface area contributed by atoms with Crippen LogP contribution in [0, 0.1) is 5.92 Å². The number of hydrogen-bond donors (Lipinski definition) is 1. The fourth-order valence-electron chi connectivity index (χ4n) is 3.04. The van der Waals surface area contributed by atoms with E-state index in [-0.39, 0.29) is 0 Å². The number of benzene rings is 1. The molecule has 1 heterocycles. The molecule has 4 nitrogen and oxygen atoms in total. The highest BCUT2D eigenvalue weighted by Crippen LogP contribution is 2.31. The van der Waals surface area contributed by atoms with Gasteiger partial charge in [0, 0.05) is 23.7 Å². The topological polar surface area (TPSA) is 63.4 Å². The lowest BCUT2D eigenvalue weighted by molar-refractivity contribution is 0.221. The Hall–Kier alpha value is -0.620. The molecule has 1 aromatic rings. The minimum Gasteiger partial charge on any atom is -0.322 e. The monoisotopic (exact) mass is 330 g/mol. The van der Waals surface area contributed by atoms with Gasteiger partial charge in [-0.15, -0.1) is 0 Å². The molecule has 2 unspecified atom stereocenters. The average Bonchev–Trinajstić information content (AvgIpc) is 2.38. The van der Waals surface area contributed by atoms with Gasteiger partial charge in [-0.3, -0.25) is 0 Å². The van der Waals surface area contributed by atoms with Crippen LogP contribution in [0.15, 0.2) is 24.3 Å². The van der Waals surface area contributed by atoms with Crippen LogP contribution in [0.4, 0.5) is 0 Å². The zero-order valence-corrected chi connectivity index (χ0v) is 14.1. The Bertz CT molecular complexity index is 584. The lowest BCUT2D eigenvalue weighted by Gasteiger charge is -2.36. The van der Waals surface area contributed by atoms with Crippen molar-refractivity contribution in [2.75, 3.05) is 19.3 Å². The number of nitrogens with zero attached hydrogens (tertiary/aromatic N) is 1. The first-order valence-electron chi connectivity index (χ1n) is 7.18. The van der Waals surface area contributed by atoms with Gasteiger partial charge in [-0.05, 0) is 49.8 Å². The molecule has 1 saturated heterocycles. The lowest BCUT2D eigenvalue weighted by Crippen LogP contribution is -2.43. The van der Waals surface area contributed by atoms with Crippen LogP contribution >= 0.6 is 11.6 Å². The van der Waals surface area contributed by atoms with Crippen molar-refractivity contribution in [3.8, 4) is 0 Å². The smallest absolute Gasteiger partial charge is 0.211 e. The second kappa shape index (κ2) is 6.24. The summed E-state index contributed by atoms with van der Waals surface area (Å²) in [6.45, 7) is 3.19. The van der Waals surface area contributed by atoms with Crippen molar-refractivity contribution in [3.63, 3.8) is 0 Å². The summed E-state index contributed by atoms with van der Waals surface area (Å²) in [7, 11) is -3.11. The van der Waals surface area contributed by atoms with E-state index in [9.17, 15) is 8.42 Å². The van der Waals surface area contributed by atoms with Crippen molar-refractivity contribution in [3.05, 3.63) is 34.9 Å². The van der Waals surface area contributed by atoms with Crippen molar-refractivity contribution in [1.82, 2.24) is 4.31 Å². The summed E-state index contributed by atoms with van der Waals surface area (Å²) >= 11 is 5.91. The van der Waals surface area contributed by atoms with Crippen molar-refractivity contribution in [2.45, 2.75) is 31.7 Å². The molecule has 1 aliphatic heterocycles. The molecule has 1 aromatic carbocycles. The van der Waals surface area contributed by atoms with E-state index in [1.165, 1.54) is 6.26 Å². The van der Waals surface area contributed by atoms with E-state index < -0.39 is 15.6 Å². The largest absolute Gasteiger partial charge is 0.322 e. The Labute approximate surface area is 132 Å². The molecular weight excluding hydrogens is 308 g/mol. The van der Waals surface area contributed by atoms with Crippen molar-refractivity contribution in [2.24, 2.45) is 11.7 Å². The zero-order valence-electron chi connectivity index (χ0n) is 12.5. The Balaban J connectivity index is 2.07. The molecule has 1 aliphatic rings. The zero-order chi connectivity index (χ0) is 15.7. The van der Waals surface area contributed by atoms with Crippen LogP contribution in [-0.2, 0) is 15.6 Å². The third-order valence-electron chi connectivity index (χ3n) is 4.17. The maximum Gasteiger partial charge on any atom is 0.211 e. The van der Waals surface area contributed by atoms with Crippen molar-refractivity contribution < 1.29 is 8.42 Å². The van der Waals surface area contributed by atoms with E-state index in [0.717, 1.165) is 24.8 Å². The standard InChI is InChI=1S/C15H23ClN2O2S/c1-15(17,13-5-7-14(16)8-6-13)10-12-4-3-9-18(11-12)21(2,19)20/h5-8,12H,3-4,9-11,17H2,1-2H3. The van der Waals surface area contributed by atoms with Crippen molar-refractivity contribution in [1.29, 1.82) is 0 Å². The summed E-state index contributed by atoms with van der Waals surface area (Å²) in [5.74, 6) is 0.291. The number of rotatable bonds is 4. The van der Waals surface area contributed by atoms with Gasteiger partial charge in [0.15, 0.2) is 0 Å². The third-order valence-corrected chi connectivity index (χ3v) is 5.69. The number of halogens is 1. The van der Waals surface area contributed by atoms with Crippen LogP contribution < -0.4 is 5.73 Å². The SMILES string of the molecule is CC(N)(CC1CCCN(S(C)(=O)=O)C1)c1ccc(Cl)cc1. The third kappa shape index (κ3) is 4.42. The van der Waals surface area contributed by atoms with Gasteiger partial charge >= 0.3 is 0 Å². The van der Waals surface area contributed by atoms with Crippen LogP contribution in [-0.4, -0.2) is 32.1 Å². The number of sulfonamides is 1. The summed E-state index contributed by atoms with van der Waals surface area (Å²) in [6.07, 6.45) is 3.96. The quantitative estimate of drug-likeness (QED) is 0.922. The molecule has 0 amide bonds. The molecule has 2 N–H and O–H groups in total. The molecule has 0 aromatic heterocycles. The first-order valence-corrected chi connectivity index (χ1v) is 9.41. The minimum absolute atomic E-state index is 0.291. The normalized spacial score (nSPS) is 23.7. The molecule has 0 saturated carbocycles. The van der Waals surface area contributed by atoms with Crippen LogP contribution in [0.5, 0.6) is 0 Å². The van der Waals surface area contributed by atoms with Gasteiger partial charge < -0.3 is 5.73 Å². The van der Waals surface area contributed by atoms with Gasteiger partial charge in [0.2, 0.25) is 10.0 Å². The molecular formula is C15H23ClN2O2S. The van der Waals surface area contributed by atoms with Crippen molar-refractivity contribution >= 4 is 21.6 Å². The molecule has 2 atom stereocenters. The van der Waals surface area contributed by atoms with Crippen LogP contribution in [0.2, 0.25) is 5.02 Å². The number of hydrogen-bond acceptors (Lipinski definition) is 3. The van der Waals surface area contributed by atoms with Gasteiger partial charge in [0.1, 0.15) is 0 Å². The second-order valence-electron chi connectivity index (χ2n) is 6.26. The molecule has 1 fully saturated rings. The summed E-state index contributed by atoms with van der Waals surface area (Å²) < 4.78 is 24.9. The molecule has 6 heteroatoms. The minimum atomic E-state index is -3.11. The average molecular weight is 331 g/mol. The van der Waals surface area contributed by atoms with E-state index in [1.807, 2.05) is 31.2 Å². The van der Waals surface area contributed by atoms with E-state index >= 15 is 0 Å². The van der Waals surface area contributed by atoms with Crippen LogP contribution in [0.1, 0.15) is 31.7 Å². The van der Waals surface area contributed by atoms with Gasteiger partial charge in [-0.25, -0.2) is 12.7 Å². The van der Waals surface area contributed by atoms with Gasteiger partial charge in [-0.1, -0.05) is 23.7 Å². The Morgan fingerprint density at radius 3 is 2.57 bits per heavy atom. The number of nitrogens with two attached hydrogens (primary N) is 1. The summed E-state index contributed by atoms with van der Waals surface area (Å²) in [5.41, 5.74) is 7.02. The molecule has 118 valence electrons. The summed E-state index contributed by atoms with van der Waals surface area (Å²) in [4.78, 5) is 0. The predicted octanol–water partition coefficient (Wildman–Crippen LogP) is 2.58. The van der Waals surface area contributed by atoms with Crippen LogP contribution in [0.25, 0.3) is 0 Å². The van der Waals surface area contributed by atoms with Gasteiger partial charge in [0.25, 0.3) is 0 Å². The molecule has 0 spiro atoms. The van der Waals surface area contributed by atoms with E-state index in [4.69, 9.17) is 17.3 Å². The van der Waals surface area contributed by atoms with E-state index in [2.05, 4.69) is 0 Å². The van der Waals surface area contributed by atoms with Gasteiger partial charge in [-0.2, -0.15) is 0 Å². The first-order chi connectivity index (χ1) is 9.68. The Kier molecular flexibility index (Phi) is 4.98. The summed E-state index contributed by atoms with van der Waals surface area (Å²) in [6, 6.07) is 7.57. The highest BCUT2D eigenvalue weighted by atomic mass is 35.5. The highest BCUT2D eigenvalue weighted by molar-refractivity contribution is 7.88. The molecule has 2 rings (SSSR count). The Morgan fingerprint density at radius 1 is 1.38 bits per heavy atom. The summed E-state index contributed by atoms with van der Waals surface area (Å²) in [5, 5.41) is 0.690. The first kappa shape index (κ1) is 16.7. The fraction of sp³-hybridized carbons (Fsp3) is 0.600. The number of piperidine rings is 1. The molecule has 0 bridgehead atoms. The van der Waals surface area contributed by atoms with Gasteiger partial charge in [0.05, 0.1) is 6.26 Å². The maximum absolute atomic E-state index is 11.7. The van der Waals surface area contributed by atoms with E-state index in [0.29, 0.717) is 24.0 Å². The lowest BCUT2D eigenvalue weighted by atomic mass is 9.81. The Morgan fingerprint density at radius 2 is 2.00 bits per heavy atom. The highest BCUT2D eigenvalue weighted by Gasteiger charge is 2.31. The second-order valence-corrected chi connectivity index (χ2v) is 8.68. The van der Waals surface area contributed by atoms with E-state index in [1.54, 1.807) is 4.31 Å². The molecule has 0 aliphatic carbocycles. The molecule has 0 radical (unpaired) electrons. The molecule has 21 heavy (non-hydrogen) atoms. The maximum atomic E-state index is 11.7. The van der Waals surface area contributed by atoms with Crippen LogP contribution in [0.3, 0.4) is 0 Å².